The molecule has 0 spiro atoms. The van der Waals surface area contributed by atoms with Crippen LogP contribution in [0.1, 0.15) is 73.8 Å². The van der Waals surface area contributed by atoms with Crippen molar-refractivity contribution in [2.75, 3.05) is 13.3 Å². The number of unbranched alkanes of at least 4 members (excludes halogenated alkanes) is 2. The third kappa shape index (κ3) is 10.0. The molecule has 0 saturated carbocycles. The molecule has 0 bridgehead atoms. The molecule has 14 heteroatoms. The molecular formula is C32H40N3O10P. The largest absolute Gasteiger partial charge is 0.494 e. The molecule has 0 aliphatic carbocycles. The molecule has 3 rings (SSSR count). The lowest BCUT2D eigenvalue weighted by molar-refractivity contribution is -0.171. The zero-order valence-electron chi connectivity index (χ0n) is 26.0. The summed E-state index contributed by atoms with van der Waals surface area (Å²) in [6.07, 6.45) is 3.58. The summed E-state index contributed by atoms with van der Waals surface area (Å²) < 4.78 is 22.9. The molecule has 4 N–H and O–H groups in total. The molecule has 0 saturated heterocycles. The molecule has 0 aliphatic heterocycles. The van der Waals surface area contributed by atoms with Crippen molar-refractivity contribution in [2.45, 2.75) is 58.9 Å². The molecule has 1 aromatic heterocycles. The number of benzene rings is 2. The minimum atomic E-state index is -4.60. The highest BCUT2D eigenvalue weighted by Gasteiger charge is 2.33. The van der Waals surface area contributed by atoms with Crippen LogP contribution in [0.3, 0.4) is 0 Å². The van der Waals surface area contributed by atoms with Gasteiger partial charge in [-0.15, -0.1) is 0 Å². The molecule has 0 radical (unpaired) electrons. The Balaban J connectivity index is 1.69. The number of amides is 3. The Morgan fingerprint density at radius 2 is 1.74 bits per heavy atom. The highest BCUT2D eigenvalue weighted by atomic mass is 31.2. The smallest absolute Gasteiger partial charge is 0.363 e. The number of rotatable bonds is 18. The minimum absolute atomic E-state index is 0.102. The first-order valence-electron chi connectivity index (χ1n) is 15.0. The first-order valence-corrected chi connectivity index (χ1v) is 16.6. The summed E-state index contributed by atoms with van der Waals surface area (Å²) in [6, 6.07) is 14.3. The van der Waals surface area contributed by atoms with Crippen molar-refractivity contribution in [3.8, 4) is 17.1 Å². The summed E-state index contributed by atoms with van der Waals surface area (Å²) >= 11 is 0. The predicted octanol–water partition coefficient (Wildman–Crippen LogP) is 4.16. The summed E-state index contributed by atoms with van der Waals surface area (Å²) in [6.45, 7) is 5.54. The number of furan rings is 1. The van der Waals surface area contributed by atoms with Crippen LogP contribution in [-0.2, 0) is 19.0 Å². The third-order valence-electron chi connectivity index (χ3n) is 7.13. The number of carbonyl (C=O) groups is 4. The van der Waals surface area contributed by atoms with Crippen LogP contribution in [0.15, 0.2) is 65.1 Å². The molecule has 3 aromatic rings. The second-order valence-corrected chi connectivity index (χ2v) is 12.0. The fourth-order valence-corrected chi connectivity index (χ4v) is 5.44. The Labute approximate surface area is 267 Å². The molecule has 2 aromatic carbocycles. The SMILES string of the molecule is CCCCCC(C(=O)NCNC(=O)c1ccc(-c2cc(OCC)cc(P(=O)(O)O)c2)o1)C(CC)N(C=O)OC(=O)c1ccccc1. The van der Waals surface area contributed by atoms with E-state index in [1.165, 1.54) is 30.3 Å². The summed E-state index contributed by atoms with van der Waals surface area (Å²) in [7, 11) is -4.60. The van der Waals surface area contributed by atoms with E-state index >= 15 is 0 Å². The van der Waals surface area contributed by atoms with Crippen molar-refractivity contribution in [3.63, 3.8) is 0 Å². The Kier molecular flexibility index (Phi) is 13.5. The summed E-state index contributed by atoms with van der Waals surface area (Å²) in [5.41, 5.74) is 0.550. The maximum Gasteiger partial charge on any atom is 0.363 e. The van der Waals surface area contributed by atoms with E-state index in [0.29, 0.717) is 31.2 Å². The third-order valence-corrected chi connectivity index (χ3v) is 8.06. The maximum atomic E-state index is 13.4. The lowest BCUT2D eigenvalue weighted by atomic mass is 9.90. The molecule has 0 fully saturated rings. The molecule has 46 heavy (non-hydrogen) atoms. The van der Waals surface area contributed by atoms with E-state index in [2.05, 4.69) is 10.6 Å². The lowest BCUT2D eigenvalue weighted by Gasteiger charge is -2.31. The van der Waals surface area contributed by atoms with Gasteiger partial charge in [-0.3, -0.25) is 18.9 Å². The van der Waals surface area contributed by atoms with Crippen LogP contribution in [-0.4, -0.2) is 58.4 Å². The molecule has 13 nitrogen and oxygen atoms in total. The average Bonchev–Trinajstić information content (AvgIpc) is 3.54. The van der Waals surface area contributed by atoms with Crippen molar-refractivity contribution in [3.05, 3.63) is 72.0 Å². The monoisotopic (exact) mass is 657 g/mol. The number of hydrogen-bond acceptors (Lipinski definition) is 8. The topological polar surface area (TPSA) is 185 Å². The van der Waals surface area contributed by atoms with Gasteiger partial charge in [-0.2, -0.15) is 5.06 Å². The molecular weight excluding hydrogens is 617 g/mol. The van der Waals surface area contributed by atoms with Crippen LogP contribution in [0.5, 0.6) is 5.75 Å². The van der Waals surface area contributed by atoms with Gasteiger partial charge in [0.05, 0.1) is 36.1 Å². The minimum Gasteiger partial charge on any atom is -0.494 e. The van der Waals surface area contributed by atoms with Gasteiger partial charge in [0.2, 0.25) is 12.3 Å². The number of nitrogens with one attached hydrogen (secondary N) is 2. The zero-order valence-corrected chi connectivity index (χ0v) is 26.9. The van der Waals surface area contributed by atoms with E-state index in [1.807, 2.05) is 6.92 Å². The van der Waals surface area contributed by atoms with E-state index < -0.39 is 37.3 Å². The van der Waals surface area contributed by atoms with Gasteiger partial charge in [0.1, 0.15) is 11.5 Å². The lowest BCUT2D eigenvalue weighted by Crippen LogP contribution is -2.49. The van der Waals surface area contributed by atoms with E-state index in [9.17, 15) is 33.5 Å². The number of nitrogens with zero attached hydrogens (tertiary/aromatic N) is 1. The summed E-state index contributed by atoms with van der Waals surface area (Å²) in [4.78, 5) is 75.5. The molecule has 2 unspecified atom stereocenters. The van der Waals surface area contributed by atoms with Gasteiger partial charge >= 0.3 is 13.6 Å². The number of carbonyl (C=O) groups excluding carboxylic acids is 4. The van der Waals surface area contributed by atoms with Crippen LogP contribution in [0.2, 0.25) is 0 Å². The van der Waals surface area contributed by atoms with Gasteiger partial charge < -0.3 is 34.4 Å². The fourth-order valence-electron chi connectivity index (χ4n) is 4.83. The highest BCUT2D eigenvalue weighted by molar-refractivity contribution is 7.60. The van der Waals surface area contributed by atoms with E-state index in [4.69, 9.17) is 14.0 Å². The normalized spacial score (nSPS) is 12.5. The fraction of sp³-hybridized carbons (Fsp3) is 0.375. The maximum absolute atomic E-state index is 13.4. The second kappa shape index (κ2) is 17.3. The van der Waals surface area contributed by atoms with Gasteiger partial charge in [-0.25, -0.2) is 4.79 Å². The van der Waals surface area contributed by atoms with Crippen LogP contribution in [0, 0.1) is 5.92 Å². The Hall–Kier alpha value is -4.45. The molecule has 1 heterocycles. The predicted molar refractivity (Wildman–Crippen MR) is 169 cm³/mol. The van der Waals surface area contributed by atoms with Gasteiger partial charge in [0, 0.05) is 5.56 Å². The standard InChI is InChI=1S/C32H40N3O10P/c1-4-7-9-14-26(27(5-2)35(21-36)45-32(39)22-12-10-8-11-13-22)30(37)33-20-34-31(38)29-16-15-28(44-29)23-17-24(43-6-3)19-25(18-23)46(40,41)42/h8,10-13,15-19,21,26-27H,4-7,9,14,20H2,1-3H3,(H,33,37)(H,34,38)(H2,40,41,42). The average molecular weight is 658 g/mol. The number of hydroxylamine groups is 2. The molecule has 2 atom stereocenters. The first kappa shape index (κ1) is 36.0. The van der Waals surface area contributed by atoms with Crippen LogP contribution in [0.25, 0.3) is 11.3 Å². The first-order chi connectivity index (χ1) is 22.0. The Morgan fingerprint density at radius 3 is 2.37 bits per heavy atom. The quantitative estimate of drug-likeness (QED) is 0.0509. The van der Waals surface area contributed by atoms with Crippen molar-refractivity contribution < 1.29 is 47.5 Å². The molecule has 0 aliphatic rings. The van der Waals surface area contributed by atoms with Gasteiger partial charge in [-0.1, -0.05) is 51.3 Å². The van der Waals surface area contributed by atoms with Crippen molar-refractivity contribution in [1.29, 1.82) is 0 Å². The van der Waals surface area contributed by atoms with E-state index in [1.54, 1.807) is 44.2 Å². The number of hydrogen-bond donors (Lipinski definition) is 4. The van der Waals surface area contributed by atoms with Gasteiger partial charge in [0.15, 0.2) is 5.76 Å². The Morgan fingerprint density at radius 1 is 1.00 bits per heavy atom. The van der Waals surface area contributed by atoms with E-state index in [-0.39, 0.29) is 41.4 Å². The van der Waals surface area contributed by atoms with E-state index in [0.717, 1.165) is 17.9 Å². The van der Waals surface area contributed by atoms with Crippen LogP contribution in [0.4, 0.5) is 0 Å². The van der Waals surface area contributed by atoms with Crippen LogP contribution < -0.4 is 20.7 Å². The number of ether oxygens (including phenoxy) is 1. The second-order valence-electron chi connectivity index (χ2n) is 10.4. The van der Waals surface area contributed by atoms with Gasteiger partial charge in [-0.05, 0) is 62.2 Å². The van der Waals surface area contributed by atoms with Crippen molar-refractivity contribution in [1.82, 2.24) is 15.7 Å². The van der Waals surface area contributed by atoms with Crippen molar-refractivity contribution >= 4 is 37.1 Å². The summed E-state index contributed by atoms with van der Waals surface area (Å²) in [5.74, 6) is -2.26. The highest BCUT2D eigenvalue weighted by Crippen LogP contribution is 2.37. The van der Waals surface area contributed by atoms with Crippen LogP contribution >= 0.6 is 7.60 Å². The Bertz CT molecular complexity index is 1520. The summed E-state index contributed by atoms with van der Waals surface area (Å²) in [5, 5.41) is 5.85. The molecule has 3 amide bonds. The zero-order chi connectivity index (χ0) is 33.7. The molecule has 248 valence electrons. The van der Waals surface area contributed by atoms with Crippen molar-refractivity contribution in [2.24, 2.45) is 5.92 Å². The van der Waals surface area contributed by atoms with Gasteiger partial charge in [0.25, 0.3) is 5.91 Å².